The van der Waals surface area contributed by atoms with Crippen LogP contribution in [-0.2, 0) is 0 Å². The lowest BCUT2D eigenvalue weighted by molar-refractivity contribution is -0.168. The fourth-order valence-electron chi connectivity index (χ4n) is 6.17. The first-order valence-electron chi connectivity index (χ1n) is 6.95. The van der Waals surface area contributed by atoms with E-state index in [0.717, 1.165) is 5.92 Å². The van der Waals surface area contributed by atoms with E-state index in [2.05, 4.69) is 27.7 Å². The smallest absolute Gasteiger partial charge is 0.0154 e. The maximum atomic E-state index is 6.55. The first-order valence-corrected chi connectivity index (χ1v) is 6.95. The molecule has 0 aromatic heterocycles. The van der Waals surface area contributed by atoms with E-state index < -0.39 is 0 Å². The maximum Gasteiger partial charge on any atom is 0.0154 e. The Labute approximate surface area is 100 Å². The van der Waals surface area contributed by atoms with Crippen LogP contribution in [0.15, 0.2) is 0 Å². The van der Waals surface area contributed by atoms with Gasteiger partial charge in [0.05, 0.1) is 0 Å². The summed E-state index contributed by atoms with van der Waals surface area (Å²) >= 11 is 0. The lowest BCUT2D eigenvalue weighted by Crippen LogP contribution is -2.64. The second kappa shape index (κ2) is 2.68. The quantitative estimate of drug-likeness (QED) is 0.717. The molecule has 2 unspecified atom stereocenters. The molecule has 4 aliphatic rings. The van der Waals surface area contributed by atoms with Crippen LogP contribution in [0.25, 0.3) is 0 Å². The minimum atomic E-state index is 0.00896. The van der Waals surface area contributed by atoms with Gasteiger partial charge in [0.1, 0.15) is 0 Å². The molecular weight excluding hydrogens is 194 g/mol. The summed E-state index contributed by atoms with van der Waals surface area (Å²) in [6, 6.07) is 0. The predicted octanol–water partition coefficient (Wildman–Crippen LogP) is 3.72. The molecule has 92 valence electrons. The third kappa shape index (κ3) is 1.33. The first kappa shape index (κ1) is 11.1. The van der Waals surface area contributed by atoms with Crippen LogP contribution in [0.2, 0.25) is 0 Å². The van der Waals surface area contributed by atoms with E-state index >= 15 is 0 Å². The van der Waals surface area contributed by atoms with Crippen molar-refractivity contribution in [3.8, 4) is 0 Å². The number of rotatable bonds is 1. The molecule has 16 heavy (non-hydrogen) atoms. The van der Waals surface area contributed by atoms with Crippen molar-refractivity contribution >= 4 is 0 Å². The SMILES string of the molecule is CC12CC3CC(C)(C1)CC(C(C)(C)N)(C3)C2. The summed E-state index contributed by atoms with van der Waals surface area (Å²) in [5, 5.41) is 0. The molecule has 4 fully saturated rings. The van der Waals surface area contributed by atoms with Crippen LogP contribution in [0, 0.1) is 22.2 Å². The molecule has 1 heteroatoms. The summed E-state index contributed by atoms with van der Waals surface area (Å²) in [5.41, 5.74) is 8.21. The van der Waals surface area contributed by atoms with Crippen molar-refractivity contribution in [3.63, 3.8) is 0 Å². The zero-order valence-electron chi connectivity index (χ0n) is 11.4. The van der Waals surface area contributed by atoms with Crippen molar-refractivity contribution in [2.24, 2.45) is 27.9 Å². The van der Waals surface area contributed by atoms with Gasteiger partial charge in [0.2, 0.25) is 0 Å². The molecule has 0 radical (unpaired) electrons. The van der Waals surface area contributed by atoms with E-state index in [1.54, 1.807) is 0 Å². The van der Waals surface area contributed by atoms with Crippen molar-refractivity contribution < 1.29 is 0 Å². The van der Waals surface area contributed by atoms with Crippen molar-refractivity contribution in [3.05, 3.63) is 0 Å². The molecule has 0 saturated heterocycles. The zero-order valence-corrected chi connectivity index (χ0v) is 11.4. The Hall–Kier alpha value is -0.0400. The van der Waals surface area contributed by atoms with Crippen LogP contribution >= 0.6 is 0 Å². The second-order valence-corrected chi connectivity index (χ2v) is 8.63. The normalized spacial score (nSPS) is 55.7. The van der Waals surface area contributed by atoms with Gasteiger partial charge in [0.15, 0.2) is 0 Å². The molecule has 4 bridgehead atoms. The minimum absolute atomic E-state index is 0.00896. The Morgan fingerprint density at radius 1 is 0.938 bits per heavy atom. The number of nitrogens with two attached hydrogens (primary N) is 1. The monoisotopic (exact) mass is 221 g/mol. The third-order valence-corrected chi connectivity index (χ3v) is 5.99. The van der Waals surface area contributed by atoms with Crippen LogP contribution < -0.4 is 5.73 Å². The summed E-state index contributed by atoms with van der Waals surface area (Å²) < 4.78 is 0. The van der Waals surface area contributed by atoms with Crippen molar-refractivity contribution in [1.82, 2.24) is 0 Å². The topological polar surface area (TPSA) is 26.0 Å². The Bertz CT molecular complexity index is 307. The highest BCUT2D eigenvalue weighted by atomic mass is 14.8. The fraction of sp³-hybridized carbons (Fsp3) is 1.00. The number of hydrogen-bond acceptors (Lipinski definition) is 1. The molecule has 0 aromatic rings. The van der Waals surface area contributed by atoms with Gasteiger partial charge in [-0.25, -0.2) is 0 Å². The van der Waals surface area contributed by atoms with E-state index in [4.69, 9.17) is 5.73 Å². The van der Waals surface area contributed by atoms with Crippen LogP contribution in [0.4, 0.5) is 0 Å². The summed E-state index contributed by atoms with van der Waals surface area (Å²) in [6.45, 7) is 9.59. The largest absolute Gasteiger partial charge is 0.325 e. The highest BCUT2D eigenvalue weighted by Crippen LogP contribution is 2.71. The van der Waals surface area contributed by atoms with Gasteiger partial charge >= 0.3 is 0 Å². The second-order valence-electron chi connectivity index (χ2n) is 8.63. The molecule has 0 heterocycles. The molecule has 2 atom stereocenters. The Morgan fingerprint density at radius 3 is 1.81 bits per heavy atom. The highest BCUT2D eigenvalue weighted by Gasteiger charge is 2.63. The molecule has 4 saturated carbocycles. The third-order valence-electron chi connectivity index (χ3n) is 5.99. The van der Waals surface area contributed by atoms with Crippen LogP contribution in [-0.4, -0.2) is 5.54 Å². The van der Waals surface area contributed by atoms with Gasteiger partial charge in [0.25, 0.3) is 0 Å². The van der Waals surface area contributed by atoms with Gasteiger partial charge in [-0.1, -0.05) is 13.8 Å². The Kier molecular flexibility index (Phi) is 1.86. The van der Waals surface area contributed by atoms with Crippen molar-refractivity contribution in [2.45, 2.75) is 71.8 Å². The van der Waals surface area contributed by atoms with Gasteiger partial charge < -0.3 is 5.73 Å². The van der Waals surface area contributed by atoms with E-state index in [9.17, 15) is 0 Å². The van der Waals surface area contributed by atoms with Crippen LogP contribution in [0.5, 0.6) is 0 Å². The lowest BCUT2D eigenvalue weighted by Gasteiger charge is -2.68. The van der Waals surface area contributed by atoms with Gasteiger partial charge in [0, 0.05) is 5.54 Å². The van der Waals surface area contributed by atoms with Gasteiger partial charge in [-0.3, -0.25) is 0 Å². The average molecular weight is 221 g/mol. The van der Waals surface area contributed by atoms with Crippen molar-refractivity contribution in [2.75, 3.05) is 0 Å². The summed E-state index contributed by atoms with van der Waals surface area (Å²) in [6.07, 6.45) is 8.57. The molecule has 4 rings (SSSR count). The predicted molar refractivity (Wildman–Crippen MR) is 68.1 cm³/mol. The average Bonchev–Trinajstić information content (AvgIpc) is 1.92. The Morgan fingerprint density at radius 2 is 1.44 bits per heavy atom. The molecular formula is C15H27N. The van der Waals surface area contributed by atoms with Gasteiger partial charge in [-0.15, -0.1) is 0 Å². The van der Waals surface area contributed by atoms with E-state index in [0.29, 0.717) is 16.2 Å². The van der Waals surface area contributed by atoms with Crippen LogP contribution in [0.3, 0.4) is 0 Å². The maximum absolute atomic E-state index is 6.55. The van der Waals surface area contributed by atoms with E-state index in [-0.39, 0.29) is 5.54 Å². The summed E-state index contributed by atoms with van der Waals surface area (Å²) in [5.74, 6) is 0.967. The Balaban J connectivity index is 2.05. The highest BCUT2D eigenvalue weighted by molar-refractivity contribution is 5.15. The standard InChI is InChI=1S/C15H27N/c1-12(2,16)15-7-11-5-13(3,9-15)8-14(4,6-11)10-15/h11H,5-10,16H2,1-4H3. The van der Waals surface area contributed by atoms with Gasteiger partial charge in [-0.2, -0.15) is 0 Å². The van der Waals surface area contributed by atoms with E-state index in [1.807, 2.05) is 0 Å². The van der Waals surface area contributed by atoms with Gasteiger partial charge in [-0.05, 0) is 74.5 Å². The first-order chi connectivity index (χ1) is 7.16. The molecule has 0 amide bonds. The molecule has 0 aliphatic heterocycles. The number of hydrogen-bond donors (Lipinski definition) is 1. The minimum Gasteiger partial charge on any atom is -0.325 e. The van der Waals surface area contributed by atoms with Crippen LogP contribution in [0.1, 0.15) is 66.2 Å². The molecule has 0 aromatic carbocycles. The molecule has 2 N–H and O–H groups in total. The fourth-order valence-corrected chi connectivity index (χ4v) is 6.17. The van der Waals surface area contributed by atoms with E-state index in [1.165, 1.54) is 38.5 Å². The van der Waals surface area contributed by atoms with Crippen molar-refractivity contribution in [1.29, 1.82) is 0 Å². The molecule has 4 aliphatic carbocycles. The summed E-state index contributed by atoms with van der Waals surface area (Å²) in [4.78, 5) is 0. The zero-order chi connectivity index (χ0) is 11.8. The molecule has 1 nitrogen and oxygen atoms in total. The summed E-state index contributed by atoms with van der Waals surface area (Å²) in [7, 11) is 0. The lowest BCUT2D eigenvalue weighted by atomic mass is 9.37. The molecule has 0 spiro atoms.